The van der Waals surface area contributed by atoms with E-state index in [1.807, 2.05) is 12.1 Å². The monoisotopic (exact) mass is 382 g/mol. The number of halogens is 1. The lowest BCUT2D eigenvalue weighted by Crippen LogP contribution is -2.31. The number of benzene rings is 2. The summed E-state index contributed by atoms with van der Waals surface area (Å²) in [5, 5.41) is 11.2. The number of carboxylic acid groups (broad SMARTS) is 1. The number of aromatic nitrogens is 1. The van der Waals surface area contributed by atoms with Crippen LogP contribution in [0.2, 0.25) is 0 Å². The summed E-state index contributed by atoms with van der Waals surface area (Å²) >= 11 is 3.49. The molecule has 4 rings (SSSR count). The SMILES string of the molecule is O=C(O)c1cccc2c(Br)cnc(N3CCc4ccccc4C3)c12. The molecule has 2 aromatic carbocycles. The summed E-state index contributed by atoms with van der Waals surface area (Å²) in [5.74, 6) is -0.195. The van der Waals surface area contributed by atoms with E-state index in [1.165, 1.54) is 11.1 Å². The fourth-order valence-electron chi connectivity index (χ4n) is 3.34. The number of fused-ring (bicyclic) bond motifs is 2. The molecule has 1 aliphatic heterocycles. The number of nitrogens with zero attached hydrogens (tertiary/aromatic N) is 2. The molecule has 0 atom stereocenters. The second-order valence-electron chi connectivity index (χ2n) is 5.90. The topological polar surface area (TPSA) is 53.4 Å². The predicted octanol–water partition coefficient (Wildman–Crippen LogP) is 4.26. The van der Waals surface area contributed by atoms with Crippen LogP contribution in [0.15, 0.2) is 53.1 Å². The molecule has 1 N–H and O–H groups in total. The van der Waals surface area contributed by atoms with E-state index in [1.54, 1.807) is 18.3 Å². The molecule has 0 saturated heterocycles. The normalized spacial score (nSPS) is 13.8. The highest BCUT2D eigenvalue weighted by Gasteiger charge is 2.22. The summed E-state index contributed by atoms with van der Waals surface area (Å²) in [6.45, 7) is 1.57. The van der Waals surface area contributed by atoms with Gasteiger partial charge in [0.25, 0.3) is 0 Å². The lowest BCUT2D eigenvalue weighted by atomic mass is 9.98. The van der Waals surface area contributed by atoms with Gasteiger partial charge in [-0.05, 0) is 39.5 Å². The molecule has 1 aromatic heterocycles. The molecule has 1 aliphatic rings. The summed E-state index contributed by atoms with van der Waals surface area (Å²) in [5.41, 5.74) is 2.92. The van der Waals surface area contributed by atoms with E-state index in [0.717, 1.165) is 35.2 Å². The minimum absolute atomic E-state index is 0.287. The zero-order valence-corrected chi connectivity index (χ0v) is 14.5. The minimum Gasteiger partial charge on any atom is -0.478 e. The third-order valence-corrected chi connectivity index (χ3v) is 5.14. The van der Waals surface area contributed by atoms with E-state index in [2.05, 4.69) is 44.0 Å². The van der Waals surface area contributed by atoms with E-state index in [-0.39, 0.29) is 5.56 Å². The Kier molecular flexibility index (Phi) is 3.73. The van der Waals surface area contributed by atoms with Crippen molar-refractivity contribution in [3.8, 4) is 0 Å². The van der Waals surface area contributed by atoms with Crippen LogP contribution in [-0.2, 0) is 13.0 Å². The van der Waals surface area contributed by atoms with Gasteiger partial charge in [0.2, 0.25) is 0 Å². The van der Waals surface area contributed by atoms with Crippen LogP contribution in [0.5, 0.6) is 0 Å². The van der Waals surface area contributed by atoms with Crippen molar-refractivity contribution in [3.63, 3.8) is 0 Å². The molecular weight excluding hydrogens is 368 g/mol. The Morgan fingerprint density at radius 1 is 1.12 bits per heavy atom. The van der Waals surface area contributed by atoms with Crippen LogP contribution >= 0.6 is 15.9 Å². The van der Waals surface area contributed by atoms with Crippen LogP contribution < -0.4 is 4.90 Å². The summed E-state index contributed by atoms with van der Waals surface area (Å²) in [6.07, 6.45) is 2.69. The number of hydrogen-bond acceptors (Lipinski definition) is 3. The molecule has 0 bridgehead atoms. The second kappa shape index (κ2) is 5.91. The Labute approximate surface area is 147 Å². The van der Waals surface area contributed by atoms with Gasteiger partial charge in [-0.1, -0.05) is 36.4 Å². The van der Waals surface area contributed by atoms with Crippen molar-refractivity contribution >= 4 is 38.5 Å². The van der Waals surface area contributed by atoms with Gasteiger partial charge in [0.15, 0.2) is 0 Å². The maximum absolute atomic E-state index is 11.7. The number of carboxylic acids is 1. The largest absolute Gasteiger partial charge is 0.478 e. The number of rotatable bonds is 2. The fourth-order valence-corrected chi connectivity index (χ4v) is 3.77. The van der Waals surface area contributed by atoms with Crippen LogP contribution in [0.1, 0.15) is 21.5 Å². The van der Waals surface area contributed by atoms with Gasteiger partial charge in [-0.15, -0.1) is 0 Å². The number of carbonyl (C=O) groups is 1. The van der Waals surface area contributed by atoms with Gasteiger partial charge in [0.1, 0.15) is 5.82 Å². The lowest BCUT2D eigenvalue weighted by molar-refractivity contribution is 0.0699. The number of aromatic carboxylic acids is 1. The van der Waals surface area contributed by atoms with Crippen molar-refractivity contribution in [1.82, 2.24) is 4.98 Å². The van der Waals surface area contributed by atoms with Crippen molar-refractivity contribution in [1.29, 1.82) is 0 Å². The Morgan fingerprint density at radius 3 is 2.71 bits per heavy atom. The molecular formula is C19H15BrN2O2. The molecule has 0 aliphatic carbocycles. The molecule has 0 spiro atoms. The maximum Gasteiger partial charge on any atom is 0.336 e. The van der Waals surface area contributed by atoms with Gasteiger partial charge in [-0.25, -0.2) is 9.78 Å². The van der Waals surface area contributed by atoms with Crippen molar-refractivity contribution in [2.75, 3.05) is 11.4 Å². The second-order valence-corrected chi connectivity index (χ2v) is 6.76. The van der Waals surface area contributed by atoms with Crippen molar-refractivity contribution in [2.45, 2.75) is 13.0 Å². The molecule has 0 unspecified atom stereocenters. The molecule has 2 heterocycles. The molecule has 0 radical (unpaired) electrons. The molecule has 3 aromatic rings. The van der Waals surface area contributed by atoms with Crippen LogP contribution in [0, 0.1) is 0 Å². The van der Waals surface area contributed by atoms with Crippen molar-refractivity contribution in [2.24, 2.45) is 0 Å². The molecule has 24 heavy (non-hydrogen) atoms. The summed E-state index contributed by atoms with van der Waals surface area (Å²) < 4.78 is 0.807. The highest BCUT2D eigenvalue weighted by molar-refractivity contribution is 9.10. The lowest BCUT2D eigenvalue weighted by Gasteiger charge is -2.31. The van der Waals surface area contributed by atoms with Crippen molar-refractivity contribution < 1.29 is 9.90 Å². The number of hydrogen-bond donors (Lipinski definition) is 1. The summed E-state index contributed by atoms with van der Waals surface area (Å²) in [4.78, 5) is 18.4. The first-order chi connectivity index (χ1) is 11.6. The number of pyridine rings is 1. The van der Waals surface area contributed by atoms with Gasteiger partial charge in [0, 0.05) is 34.5 Å². The van der Waals surface area contributed by atoms with Gasteiger partial charge >= 0.3 is 5.97 Å². The average Bonchev–Trinajstić information content (AvgIpc) is 2.61. The molecule has 0 amide bonds. The van der Waals surface area contributed by atoms with Crippen LogP contribution in [0.4, 0.5) is 5.82 Å². The Hall–Kier alpha value is -2.40. The highest BCUT2D eigenvalue weighted by Crippen LogP contribution is 2.35. The highest BCUT2D eigenvalue weighted by atomic mass is 79.9. The first-order valence-electron chi connectivity index (χ1n) is 7.77. The number of anilines is 1. The van der Waals surface area contributed by atoms with Gasteiger partial charge < -0.3 is 10.0 Å². The smallest absolute Gasteiger partial charge is 0.336 e. The molecule has 4 nitrogen and oxygen atoms in total. The van der Waals surface area contributed by atoms with E-state index < -0.39 is 5.97 Å². The fraction of sp³-hybridized carbons (Fsp3) is 0.158. The van der Waals surface area contributed by atoms with E-state index >= 15 is 0 Å². The summed E-state index contributed by atoms with van der Waals surface area (Å²) in [6, 6.07) is 13.7. The molecule has 0 saturated carbocycles. The van der Waals surface area contributed by atoms with Gasteiger partial charge in [-0.3, -0.25) is 0 Å². The average molecular weight is 383 g/mol. The zero-order valence-electron chi connectivity index (χ0n) is 12.9. The first-order valence-corrected chi connectivity index (χ1v) is 8.56. The van der Waals surface area contributed by atoms with Crippen LogP contribution in [0.3, 0.4) is 0 Å². The van der Waals surface area contributed by atoms with E-state index in [0.29, 0.717) is 5.39 Å². The Morgan fingerprint density at radius 2 is 1.92 bits per heavy atom. The quantitative estimate of drug-likeness (QED) is 0.719. The van der Waals surface area contributed by atoms with Gasteiger partial charge in [0.05, 0.1) is 5.56 Å². The maximum atomic E-state index is 11.7. The third-order valence-electron chi connectivity index (χ3n) is 4.51. The van der Waals surface area contributed by atoms with Crippen LogP contribution in [0.25, 0.3) is 10.8 Å². The third kappa shape index (κ3) is 2.45. The van der Waals surface area contributed by atoms with Crippen LogP contribution in [-0.4, -0.2) is 22.6 Å². The molecule has 120 valence electrons. The minimum atomic E-state index is -0.931. The standard InChI is InChI=1S/C19H15BrN2O2/c20-16-10-21-18(17-14(16)6-3-7-15(17)19(23)24)22-9-8-12-4-1-2-5-13(12)11-22/h1-7,10H,8-9,11H2,(H,23,24). The molecule has 5 heteroatoms. The predicted molar refractivity (Wildman–Crippen MR) is 97.6 cm³/mol. The zero-order chi connectivity index (χ0) is 16.7. The first kappa shape index (κ1) is 15.1. The van der Waals surface area contributed by atoms with E-state index in [9.17, 15) is 9.90 Å². The summed E-state index contributed by atoms with van der Waals surface area (Å²) in [7, 11) is 0. The van der Waals surface area contributed by atoms with Crippen molar-refractivity contribution in [3.05, 3.63) is 69.8 Å². The van der Waals surface area contributed by atoms with E-state index in [4.69, 9.17) is 0 Å². The van der Waals surface area contributed by atoms with Gasteiger partial charge in [-0.2, -0.15) is 0 Å². The molecule has 0 fully saturated rings. The Balaban J connectivity index is 1.89. The Bertz CT molecular complexity index is 955.